The normalized spacial score (nSPS) is 16.8. The van der Waals surface area contributed by atoms with Crippen molar-refractivity contribution in [3.63, 3.8) is 0 Å². The maximum atomic E-state index is 13.0. The van der Waals surface area contributed by atoms with Gasteiger partial charge in [0.25, 0.3) is 5.91 Å². The highest BCUT2D eigenvalue weighted by Crippen LogP contribution is 2.38. The van der Waals surface area contributed by atoms with E-state index in [1.54, 1.807) is 6.20 Å². The molecule has 0 saturated heterocycles. The van der Waals surface area contributed by atoms with Gasteiger partial charge in [0.1, 0.15) is 17.2 Å². The van der Waals surface area contributed by atoms with E-state index in [1.807, 2.05) is 42.5 Å². The van der Waals surface area contributed by atoms with E-state index >= 15 is 0 Å². The maximum Gasteiger partial charge on any atom is 0.269 e. The third-order valence-corrected chi connectivity index (χ3v) is 8.46. The number of aromatic nitrogens is 1. The standard InChI is InChI=1S/C38H38N2O2/c1-38(2,3)33-16-19-34(20-17-33)42-35-18-15-31-23-36(39-25-32(31)22-35)37(41)40-24-26-9-10-30(21-26)29-13-11-28(12-14-29)27-7-5-4-6-8-27/h4-8,11-20,22-23,25-26,30H,9-10,21,24H2,1-3H3,(H,40,41). The number of hydrogen-bond acceptors (Lipinski definition) is 3. The molecule has 1 heterocycles. The summed E-state index contributed by atoms with van der Waals surface area (Å²) in [6, 6.07) is 35.5. The van der Waals surface area contributed by atoms with Gasteiger partial charge in [0, 0.05) is 18.1 Å². The van der Waals surface area contributed by atoms with Gasteiger partial charge < -0.3 is 10.1 Å². The molecule has 0 radical (unpaired) electrons. The second kappa shape index (κ2) is 11.8. The molecule has 4 nitrogen and oxygen atoms in total. The molecular weight excluding hydrogens is 516 g/mol. The molecule has 42 heavy (non-hydrogen) atoms. The predicted molar refractivity (Wildman–Crippen MR) is 171 cm³/mol. The Morgan fingerprint density at radius 3 is 2.26 bits per heavy atom. The van der Waals surface area contributed by atoms with Crippen LogP contribution in [0.15, 0.2) is 109 Å². The van der Waals surface area contributed by atoms with E-state index in [0.717, 1.165) is 41.5 Å². The SMILES string of the molecule is CC(C)(C)c1ccc(Oc2ccc3cc(C(=O)NCC4CCC(c5ccc(-c6ccccc6)cc5)C4)ncc3c2)cc1. The summed E-state index contributed by atoms with van der Waals surface area (Å²) in [5, 5.41) is 5.04. The minimum atomic E-state index is -0.119. The number of ether oxygens (including phenoxy) is 1. The van der Waals surface area contributed by atoms with Crippen molar-refractivity contribution in [1.82, 2.24) is 10.3 Å². The molecule has 1 saturated carbocycles. The Morgan fingerprint density at radius 2 is 1.52 bits per heavy atom. The molecule has 212 valence electrons. The summed E-state index contributed by atoms with van der Waals surface area (Å²) in [5.41, 5.74) is 5.70. The first-order valence-electron chi connectivity index (χ1n) is 14.9. The van der Waals surface area contributed by atoms with Crippen LogP contribution in [0.1, 0.15) is 67.6 Å². The minimum Gasteiger partial charge on any atom is -0.457 e. The van der Waals surface area contributed by atoms with Crippen molar-refractivity contribution in [2.75, 3.05) is 6.54 Å². The van der Waals surface area contributed by atoms with Crippen LogP contribution in [0.25, 0.3) is 21.9 Å². The van der Waals surface area contributed by atoms with Crippen molar-refractivity contribution >= 4 is 16.7 Å². The zero-order valence-electron chi connectivity index (χ0n) is 24.6. The van der Waals surface area contributed by atoms with Crippen LogP contribution in [0.4, 0.5) is 0 Å². The average molecular weight is 555 g/mol. The lowest BCUT2D eigenvalue weighted by atomic mass is 9.87. The molecule has 2 atom stereocenters. The minimum absolute atomic E-state index is 0.104. The Kier molecular flexibility index (Phi) is 7.80. The van der Waals surface area contributed by atoms with Gasteiger partial charge in [-0.1, -0.05) is 93.6 Å². The van der Waals surface area contributed by atoms with Crippen LogP contribution in [0.3, 0.4) is 0 Å². The van der Waals surface area contributed by atoms with Crippen molar-refractivity contribution in [3.05, 3.63) is 126 Å². The largest absolute Gasteiger partial charge is 0.457 e. The number of benzene rings is 4. The summed E-state index contributed by atoms with van der Waals surface area (Å²) < 4.78 is 6.09. The number of rotatable bonds is 7. The highest BCUT2D eigenvalue weighted by Gasteiger charge is 2.26. The number of hydrogen-bond donors (Lipinski definition) is 1. The number of pyridine rings is 1. The zero-order chi connectivity index (χ0) is 29.1. The summed E-state index contributed by atoms with van der Waals surface area (Å²) >= 11 is 0. The molecule has 2 unspecified atom stereocenters. The summed E-state index contributed by atoms with van der Waals surface area (Å²) in [5.74, 6) is 2.45. The van der Waals surface area contributed by atoms with Gasteiger partial charge in [-0.3, -0.25) is 9.78 Å². The van der Waals surface area contributed by atoms with Gasteiger partial charge in [-0.05, 0) is 94.5 Å². The number of carbonyl (C=O) groups excluding carboxylic acids is 1. The Bertz CT molecular complexity index is 1670. The zero-order valence-corrected chi connectivity index (χ0v) is 24.6. The fourth-order valence-corrected chi connectivity index (χ4v) is 5.94. The van der Waals surface area contributed by atoms with Crippen molar-refractivity contribution in [2.45, 2.75) is 51.4 Å². The highest BCUT2D eigenvalue weighted by atomic mass is 16.5. The van der Waals surface area contributed by atoms with Crippen LogP contribution in [0, 0.1) is 5.92 Å². The van der Waals surface area contributed by atoms with Crippen molar-refractivity contribution in [3.8, 4) is 22.6 Å². The Hall–Kier alpha value is -4.44. The molecule has 1 aliphatic rings. The predicted octanol–water partition coefficient (Wildman–Crippen LogP) is 9.31. The molecule has 1 aromatic heterocycles. The lowest BCUT2D eigenvalue weighted by Gasteiger charge is -2.19. The van der Waals surface area contributed by atoms with Gasteiger partial charge in [-0.25, -0.2) is 0 Å². The van der Waals surface area contributed by atoms with E-state index < -0.39 is 0 Å². The van der Waals surface area contributed by atoms with Crippen molar-refractivity contribution < 1.29 is 9.53 Å². The molecule has 0 spiro atoms. The van der Waals surface area contributed by atoms with E-state index in [9.17, 15) is 4.79 Å². The monoisotopic (exact) mass is 554 g/mol. The van der Waals surface area contributed by atoms with Gasteiger partial charge >= 0.3 is 0 Å². The van der Waals surface area contributed by atoms with Crippen LogP contribution in [-0.4, -0.2) is 17.4 Å². The van der Waals surface area contributed by atoms with Crippen molar-refractivity contribution in [1.29, 1.82) is 0 Å². The molecule has 1 fully saturated rings. The van der Waals surface area contributed by atoms with E-state index in [0.29, 0.717) is 24.1 Å². The van der Waals surface area contributed by atoms with Gasteiger partial charge in [0.05, 0.1) is 0 Å². The fraction of sp³-hybridized carbons (Fsp3) is 0.263. The number of carbonyl (C=O) groups is 1. The Morgan fingerprint density at radius 1 is 0.810 bits per heavy atom. The topological polar surface area (TPSA) is 51.2 Å². The van der Waals surface area contributed by atoms with Crippen LogP contribution in [-0.2, 0) is 5.41 Å². The molecule has 1 aliphatic carbocycles. The van der Waals surface area contributed by atoms with E-state index in [2.05, 4.69) is 91.7 Å². The lowest BCUT2D eigenvalue weighted by molar-refractivity contribution is 0.0942. The first-order valence-corrected chi connectivity index (χ1v) is 14.9. The second-order valence-corrected chi connectivity index (χ2v) is 12.5. The van der Waals surface area contributed by atoms with Gasteiger partial charge in [0.2, 0.25) is 0 Å². The van der Waals surface area contributed by atoms with Crippen molar-refractivity contribution in [2.24, 2.45) is 5.92 Å². The first kappa shape index (κ1) is 27.7. The smallest absolute Gasteiger partial charge is 0.269 e. The summed E-state index contributed by atoms with van der Waals surface area (Å²) in [4.78, 5) is 17.4. The molecule has 5 aromatic rings. The van der Waals surface area contributed by atoms with Crippen LogP contribution < -0.4 is 10.1 Å². The molecule has 4 aromatic carbocycles. The van der Waals surface area contributed by atoms with Crippen LogP contribution in [0.2, 0.25) is 0 Å². The lowest BCUT2D eigenvalue weighted by Crippen LogP contribution is -2.29. The first-order chi connectivity index (χ1) is 20.3. The molecule has 1 N–H and O–H groups in total. The Labute approximate surface area is 248 Å². The molecule has 0 aliphatic heterocycles. The second-order valence-electron chi connectivity index (χ2n) is 12.5. The third kappa shape index (κ3) is 6.38. The van der Waals surface area contributed by atoms with E-state index in [4.69, 9.17) is 4.74 Å². The Balaban J connectivity index is 1.03. The molecule has 0 bridgehead atoms. The third-order valence-electron chi connectivity index (χ3n) is 8.46. The van der Waals surface area contributed by atoms with Gasteiger partial charge in [-0.15, -0.1) is 0 Å². The molecule has 6 rings (SSSR count). The van der Waals surface area contributed by atoms with E-state index in [-0.39, 0.29) is 11.3 Å². The summed E-state index contributed by atoms with van der Waals surface area (Å²) in [6.07, 6.45) is 5.13. The van der Waals surface area contributed by atoms with E-state index in [1.165, 1.54) is 22.3 Å². The number of fused-ring (bicyclic) bond motifs is 1. The molecule has 4 heteroatoms. The summed E-state index contributed by atoms with van der Waals surface area (Å²) in [6.45, 7) is 7.28. The number of amides is 1. The van der Waals surface area contributed by atoms with Gasteiger partial charge in [-0.2, -0.15) is 0 Å². The quantitative estimate of drug-likeness (QED) is 0.218. The highest BCUT2D eigenvalue weighted by molar-refractivity contribution is 5.96. The van der Waals surface area contributed by atoms with Gasteiger partial charge in [0.15, 0.2) is 0 Å². The molecule has 1 amide bonds. The maximum absolute atomic E-state index is 13.0. The summed E-state index contributed by atoms with van der Waals surface area (Å²) in [7, 11) is 0. The van der Waals surface area contributed by atoms with Crippen LogP contribution >= 0.6 is 0 Å². The average Bonchev–Trinajstić information content (AvgIpc) is 3.49. The number of nitrogens with one attached hydrogen (secondary N) is 1. The molecular formula is C38H38N2O2. The van der Waals surface area contributed by atoms with Crippen LogP contribution in [0.5, 0.6) is 11.5 Å². The number of nitrogens with zero attached hydrogens (tertiary/aromatic N) is 1. The fourth-order valence-electron chi connectivity index (χ4n) is 5.94.